The summed E-state index contributed by atoms with van der Waals surface area (Å²) in [5.74, 6) is -0.848. The summed E-state index contributed by atoms with van der Waals surface area (Å²) in [6, 6.07) is 2.45. The quantitative estimate of drug-likeness (QED) is 0.655. The number of amides is 1. The normalized spacial score (nSPS) is 14.3. The van der Waals surface area contributed by atoms with Crippen LogP contribution in [0.25, 0.3) is 0 Å². The Balaban J connectivity index is 0.00000400. The highest BCUT2D eigenvalue weighted by atomic mass is 35.5. The van der Waals surface area contributed by atoms with Gasteiger partial charge in [-0.2, -0.15) is 0 Å². The summed E-state index contributed by atoms with van der Waals surface area (Å²) < 4.78 is 24.0. The Kier molecular flexibility index (Phi) is 8.42. The number of sulfone groups is 1. The fraction of sp³-hybridized carbons (Fsp3) is 0.583. The van der Waals surface area contributed by atoms with E-state index in [2.05, 4.69) is 5.32 Å². The first kappa shape index (κ1) is 20.3. The summed E-state index contributed by atoms with van der Waals surface area (Å²) >= 11 is 1.10. The van der Waals surface area contributed by atoms with Crippen LogP contribution in [0.5, 0.6) is 0 Å². The first-order valence-corrected chi connectivity index (χ1v) is 8.75. The van der Waals surface area contributed by atoms with Crippen LogP contribution >= 0.6 is 23.7 Å². The van der Waals surface area contributed by atoms with Gasteiger partial charge in [-0.25, -0.2) is 8.42 Å². The van der Waals surface area contributed by atoms with Gasteiger partial charge in [-0.3, -0.25) is 4.79 Å². The predicted molar refractivity (Wildman–Crippen MR) is 85.4 cm³/mol. The third kappa shape index (κ3) is 6.31. The number of halogens is 1. The number of carbonyl (C=O) groups excluding carboxylic acids is 1. The van der Waals surface area contributed by atoms with Crippen molar-refractivity contribution in [1.29, 1.82) is 0 Å². The molecule has 0 spiro atoms. The molecule has 1 rings (SSSR count). The molecule has 0 aliphatic rings. The molecule has 0 aliphatic carbocycles. The van der Waals surface area contributed by atoms with Gasteiger partial charge in [0.15, 0.2) is 9.84 Å². The van der Waals surface area contributed by atoms with E-state index in [0.29, 0.717) is 0 Å². The Bertz CT molecular complexity index is 531. The van der Waals surface area contributed by atoms with E-state index in [0.717, 1.165) is 11.3 Å². The lowest BCUT2D eigenvalue weighted by atomic mass is 10.1. The van der Waals surface area contributed by atoms with Crippen LogP contribution in [-0.2, 0) is 14.6 Å². The molecule has 1 aromatic heterocycles. The molecular formula is C12H21ClN2O4S2. The van der Waals surface area contributed by atoms with Crippen molar-refractivity contribution in [2.75, 3.05) is 12.3 Å². The second-order valence-corrected chi connectivity index (χ2v) is 8.09. The summed E-state index contributed by atoms with van der Waals surface area (Å²) in [5.41, 5.74) is 5.64. The number of nitrogens with one attached hydrogen (secondary N) is 1. The first-order chi connectivity index (χ1) is 9.24. The van der Waals surface area contributed by atoms with E-state index in [-0.39, 0.29) is 29.1 Å². The van der Waals surface area contributed by atoms with Crippen LogP contribution < -0.4 is 11.1 Å². The van der Waals surface area contributed by atoms with Gasteiger partial charge in [-0.1, -0.05) is 19.9 Å². The lowest BCUT2D eigenvalue weighted by Gasteiger charge is -2.17. The summed E-state index contributed by atoms with van der Waals surface area (Å²) in [5, 5.41) is 13.8. The summed E-state index contributed by atoms with van der Waals surface area (Å²) in [6.45, 7) is 3.48. The van der Waals surface area contributed by atoms with Crippen molar-refractivity contribution in [2.24, 2.45) is 11.7 Å². The highest BCUT2D eigenvalue weighted by molar-refractivity contribution is 7.93. The van der Waals surface area contributed by atoms with Crippen molar-refractivity contribution in [3.63, 3.8) is 0 Å². The Hall–Kier alpha value is -0.670. The average Bonchev–Trinajstić information content (AvgIpc) is 2.88. The number of thiophene rings is 1. The van der Waals surface area contributed by atoms with Gasteiger partial charge in [0.05, 0.1) is 17.9 Å². The summed E-state index contributed by atoms with van der Waals surface area (Å²) in [6.07, 6.45) is -1.16. The molecule has 1 amide bonds. The van der Waals surface area contributed by atoms with Crippen LogP contribution in [0.2, 0.25) is 0 Å². The second-order valence-electron chi connectivity index (χ2n) is 4.88. The van der Waals surface area contributed by atoms with Crippen molar-refractivity contribution < 1.29 is 18.3 Å². The van der Waals surface area contributed by atoms with Crippen molar-refractivity contribution in [1.82, 2.24) is 5.32 Å². The molecule has 0 aliphatic heterocycles. The number of aliphatic hydroxyl groups excluding tert-OH is 1. The van der Waals surface area contributed by atoms with E-state index in [1.165, 1.54) is 6.07 Å². The topological polar surface area (TPSA) is 109 Å². The second kappa shape index (κ2) is 8.70. The SMILES string of the molecule is CC(C)[C@H](N)C(=O)NCC(O)CS(=O)(=O)c1cccs1.Cl. The molecule has 1 unspecified atom stereocenters. The minimum Gasteiger partial charge on any atom is -0.390 e. The molecule has 2 atom stereocenters. The van der Waals surface area contributed by atoms with Crippen LogP contribution in [0.4, 0.5) is 0 Å². The summed E-state index contributed by atoms with van der Waals surface area (Å²) in [7, 11) is -3.51. The minimum atomic E-state index is -3.51. The zero-order valence-corrected chi connectivity index (χ0v) is 14.3. The van der Waals surface area contributed by atoms with Crippen LogP contribution in [0.15, 0.2) is 21.7 Å². The fourth-order valence-corrected chi connectivity index (χ4v) is 3.95. The molecule has 9 heteroatoms. The Morgan fingerprint density at radius 2 is 2.10 bits per heavy atom. The minimum absolute atomic E-state index is 0. The van der Waals surface area contributed by atoms with E-state index >= 15 is 0 Å². The number of carbonyl (C=O) groups is 1. The van der Waals surface area contributed by atoms with E-state index in [1.54, 1.807) is 11.4 Å². The number of rotatable bonds is 7. The van der Waals surface area contributed by atoms with Crippen molar-refractivity contribution >= 4 is 39.5 Å². The largest absolute Gasteiger partial charge is 0.390 e. The van der Waals surface area contributed by atoms with Gasteiger partial charge < -0.3 is 16.2 Å². The number of nitrogens with two attached hydrogens (primary N) is 1. The van der Waals surface area contributed by atoms with Crippen molar-refractivity contribution in [2.45, 2.75) is 30.2 Å². The van der Waals surface area contributed by atoms with Crippen molar-refractivity contribution in [3.8, 4) is 0 Å². The molecule has 4 N–H and O–H groups in total. The third-order valence-corrected chi connectivity index (χ3v) is 6.03. The zero-order valence-electron chi connectivity index (χ0n) is 11.9. The average molecular weight is 357 g/mol. The lowest BCUT2D eigenvalue weighted by Crippen LogP contribution is -2.46. The molecule has 122 valence electrons. The van der Waals surface area contributed by atoms with Crippen LogP contribution in [-0.4, -0.2) is 43.9 Å². The van der Waals surface area contributed by atoms with Gasteiger partial charge in [-0.15, -0.1) is 23.7 Å². The predicted octanol–water partition coefficient (Wildman–Crippen LogP) is 0.404. The molecule has 1 aromatic rings. The fourth-order valence-electron chi connectivity index (χ4n) is 1.47. The molecular weight excluding hydrogens is 336 g/mol. The van der Waals surface area contributed by atoms with Gasteiger partial charge in [0.25, 0.3) is 0 Å². The molecule has 6 nitrogen and oxygen atoms in total. The van der Waals surface area contributed by atoms with Gasteiger partial charge in [0.2, 0.25) is 5.91 Å². The molecule has 0 fully saturated rings. The van der Waals surface area contributed by atoms with Gasteiger partial charge >= 0.3 is 0 Å². The van der Waals surface area contributed by atoms with Crippen molar-refractivity contribution in [3.05, 3.63) is 17.5 Å². The van der Waals surface area contributed by atoms with Crippen LogP contribution in [0, 0.1) is 5.92 Å². The van der Waals surface area contributed by atoms with E-state index in [1.807, 2.05) is 13.8 Å². The van der Waals surface area contributed by atoms with Crippen LogP contribution in [0.1, 0.15) is 13.8 Å². The van der Waals surface area contributed by atoms with Crippen LogP contribution in [0.3, 0.4) is 0 Å². The maximum absolute atomic E-state index is 11.9. The standard InChI is InChI=1S/C12H20N2O4S2.ClH/c1-8(2)11(13)12(16)14-6-9(15)7-20(17,18)10-4-3-5-19-10;/h3-5,8-9,11,15H,6-7,13H2,1-2H3,(H,14,16);1H/t9?,11-;/m0./s1. The molecule has 0 bridgehead atoms. The smallest absolute Gasteiger partial charge is 0.237 e. The molecule has 0 saturated heterocycles. The van der Waals surface area contributed by atoms with E-state index < -0.39 is 33.6 Å². The van der Waals surface area contributed by atoms with Gasteiger partial charge in [0.1, 0.15) is 4.21 Å². The number of hydrogen-bond donors (Lipinski definition) is 3. The number of aliphatic hydroxyl groups is 1. The molecule has 0 radical (unpaired) electrons. The lowest BCUT2D eigenvalue weighted by molar-refractivity contribution is -0.123. The molecule has 0 saturated carbocycles. The molecule has 21 heavy (non-hydrogen) atoms. The molecule has 1 heterocycles. The number of hydrogen-bond acceptors (Lipinski definition) is 6. The van der Waals surface area contributed by atoms with Gasteiger partial charge in [0, 0.05) is 6.54 Å². The maximum atomic E-state index is 11.9. The maximum Gasteiger partial charge on any atom is 0.237 e. The van der Waals surface area contributed by atoms with Gasteiger partial charge in [-0.05, 0) is 17.4 Å². The highest BCUT2D eigenvalue weighted by Gasteiger charge is 2.22. The highest BCUT2D eigenvalue weighted by Crippen LogP contribution is 2.18. The molecule has 0 aromatic carbocycles. The Labute approximate surface area is 135 Å². The Morgan fingerprint density at radius 1 is 1.48 bits per heavy atom. The zero-order chi connectivity index (χ0) is 15.3. The van der Waals surface area contributed by atoms with E-state index in [4.69, 9.17) is 5.73 Å². The first-order valence-electron chi connectivity index (χ1n) is 6.21. The summed E-state index contributed by atoms with van der Waals surface area (Å²) in [4.78, 5) is 11.6. The Morgan fingerprint density at radius 3 is 2.57 bits per heavy atom. The third-order valence-electron chi connectivity index (χ3n) is 2.75. The monoisotopic (exact) mass is 356 g/mol. The van der Waals surface area contributed by atoms with E-state index in [9.17, 15) is 18.3 Å².